The number of rotatable bonds is 6. The third-order valence-corrected chi connectivity index (χ3v) is 6.28. The van der Waals surface area contributed by atoms with Crippen molar-refractivity contribution in [3.63, 3.8) is 0 Å². The van der Waals surface area contributed by atoms with Crippen molar-refractivity contribution in [2.45, 2.75) is 26.4 Å². The fourth-order valence-electron chi connectivity index (χ4n) is 3.61. The number of aromatic nitrogens is 1. The van der Waals surface area contributed by atoms with Crippen LogP contribution in [0.4, 0.5) is 9.52 Å². The minimum Gasteiger partial charge on any atom is -0.489 e. The van der Waals surface area contributed by atoms with E-state index in [2.05, 4.69) is 10.3 Å². The first-order valence-electron chi connectivity index (χ1n) is 10.5. The number of ether oxygens (including phenoxy) is 1. The van der Waals surface area contributed by atoms with Gasteiger partial charge in [0.2, 0.25) is 5.91 Å². The van der Waals surface area contributed by atoms with Gasteiger partial charge in [0.25, 0.3) is 5.91 Å². The van der Waals surface area contributed by atoms with Crippen LogP contribution in [-0.2, 0) is 11.4 Å². The van der Waals surface area contributed by atoms with Crippen LogP contribution >= 0.6 is 11.3 Å². The van der Waals surface area contributed by atoms with Crippen LogP contribution < -0.4 is 10.1 Å². The number of halogens is 1. The lowest BCUT2D eigenvalue weighted by molar-refractivity contribution is -0.121. The van der Waals surface area contributed by atoms with E-state index in [1.165, 1.54) is 23.5 Å². The lowest BCUT2D eigenvalue weighted by atomic mass is 9.95. The van der Waals surface area contributed by atoms with Crippen molar-refractivity contribution in [1.29, 1.82) is 0 Å². The molecule has 1 saturated heterocycles. The van der Waals surface area contributed by atoms with Crippen molar-refractivity contribution in [2.24, 2.45) is 5.92 Å². The molecule has 0 aliphatic carbocycles. The summed E-state index contributed by atoms with van der Waals surface area (Å²) in [4.78, 5) is 31.5. The highest BCUT2D eigenvalue weighted by Gasteiger charge is 2.28. The number of amides is 2. The maximum absolute atomic E-state index is 13.0. The van der Waals surface area contributed by atoms with E-state index < -0.39 is 0 Å². The Morgan fingerprint density at radius 3 is 2.62 bits per heavy atom. The monoisotopic (exact) mass is 453 g/mol. The van der Waals surface area contributed by atoms with Gasteiger partial charge in [0, 0.05) is 30.0 Å². The summed E-state index contributed by atoms with van der Waals surface area (Å²) in [6.07, 6.45) is 1.23. The zero-order chi connectivity index (χ0) is 22.5. The van der Waals surface area contributed by atoms with Gasteiger partial charge in [0.05, 0.1) is 5.69 Å². The largest absolute Gasteiger partial charge is 0.489 e. The normalized spacial score (nSPS) is 14.2. The van der Waals surface area contributed by atoms with Crippen LogP contribution in [0.5, 0.6) is 5.75 Å². The van der Waals surface area contributed by atoms with Crippen molar-refractivity contribution in [2.75, 3.05) is 18.4 Å². The molecule has 8 heteroatoms. The Hall–Kier alpha value is -3.26. The van der Waals surface area contributed by atoms with E-state index in [-0.39, 0.29) is 30.2 Å². The van der Waals surface area contributed by atoms with Crippen molar-refractivity contribution >= 4 is 28.3 Å². The highest BCUT2D eigenvalue weighted by Crippen LogP contribution is 2.23. The van der Waals surface area contributed by atoms with Gasteiger partial charge in [-0.05, 0) is 55.7 Å². The number of thiazole rings is 1. The molecule has 1 aliphatic rings. The van der Waals surface area contributed by atoms with Crippen molar-refractivity contribution in [3.05, 3.63) is 76.5 Å². The summed E-state index contributed by atoms with van der Waals surface area (Å²) in [6, 6.07) is 13.2. The second-order valence-electron chi connectivity index (χ2n) is 7.79. The maximum atomic E-state index is 13.0. The van der Waals surface area contributed by atoms with Crippen LogP contribution in [0, 0.1) is 18.7 Å². The summed E-state index contributed by atoms with van der Waals surface area (Å²) < 4.78 is 18.8. The standard InChI is InChI=1S/C24H24FN3O3S/c1-16-15-32-24(26-16)27-22(29)18-9-11-28(12-10-18)23(30)19-3-2-4-21(13-19)31-14-17-5-7-20(25)8-6-17/h2-8,13,15,18H,9-12,14H2,1H3,(H,26,27,29). The maximum Gasteiger partial charge on any atom is 0.253 e. The molecule has 6 nitrogen and oxygen atoms in total. The smallest absolute Gasteiger partial charge is 0.253 e. The molecule has 32 heavy (non-hydrogen) atoms. The van der Waals surface area contributed by atoms with Crippen molar-refractivity contribution in [3.8, 4) is 5.75 Å². The zero-order valence-corrected chi connectivity index (χ0v) is 18.5. The fourth-order valence-corrected chi connectivity index (χ4v) is 4.30. The fraction of sp³-hybridized carbons (Fsp3) is 0.292. The number of hydrogen-bond donors (Lipinski definition) is 1. The molecule has 1 fully saturated rings. The molecule has 0 radical (unpaired) electrons. The molecule has 1 aromatic heterocycles. The summed E-state index contributed by atoms with van der Waals surface area (Å²) in [5, 5.41) is 5.39. The van der Waals surface area contributed by atoms with Gasteiger partial charge >= 0.3 is 0 Å². The van der Waals surface area contributed by atoms with Crippen LogP contribution in [0.25, 0.3) is 0 Å². The highest BCUT2D eigenvalue weighted by atomic mass is 32.1. The van der Waals surface area contributed by atoms with Gasteiger partial charge in [-0.25, -0.2) is 9.37 Å². The van der Waals surface area contributed by atoms with E-state index in [0.29, 0.717) is 42.4 Å². The lowest BCUT2D eigenvalue weighted by Crippen LogP contribution is -2.41. The number of aryl methyl sites for hydroxylation is 1. The molecular weight excluding hydrogens is 429 g/mol. The molecule has 4 rings (SSSR count). The topological polar surface area (TPSA) is 71.5 Å². The van der Waals surface area contributed by atoms with Crippen molar-refractivity contribution in [1.82, 2.24) is 9.88 Å². The Morgan fingerprint density at radius 1 is 1.19 bits per heavy atom. The lowest BCUT2D eigenvalue weighted by Gasteiger charge is -2.31. The molecule has 0 spiro atoms. The molecule has 0 unspecified atom stereocenters. The minimum atomic E-state index is -0.291. The molecule has 0 atom stereocenters. The van der Waals surface area contributed by atoms with Crippen molar-refractivity contribution < 1.29 is 18.7 Å². The number of carbonyl (C=O) groups is 2. The Kier molecular flexibility index (Phi) is 6.80. The summed E-state index contributed by atoms with van der Waals surface area (Å²) in [5.74, 6) is 0.0389. The van der Waals surface area contributed by atoms with Gasteiger partial charge < -0.3 is 15.0 Å². The molecule has 2 amide bonds. The average Bonchev–Trinajstić information content (AvgIpc) is 3.23. The average molecular weight is 454 g/mol. The Labute approximate surface area is 190 Å². The quantitative estimate of drug-likeness (QED) is 0.589. The molecule has 2 heterocycles. The third-order valence-electron chi connectivity index (χ3n) is 5.40. The number of piperidine rings is 1. The first-order valence-corrected chi connectivity index (χ1v) is 11.4. The van der Waals surface area contributed by atoms with Crippen LogP contribution in [0.3, 0.4) is 0 Å². The van der Waals surface area contributed by atoms with Gasteiger partial charge in [0.15, 0.2) is 5.13 Å². The summed E-state index contributed by atoms with van der Waals surface area (Å²) in [7, 11) is 0. The van der Waals surface area contributed by atoms with Gasteiger partial charge in [-0.15, -0.1) is 11.3 Å². The zero-order valence-electron chi connectivity index (χ0n) is 17.7. The molecular formula is C24H24FN3O3S. The SMILES string of the molecule is Cc1csc(NC(=O)C2CCN(C(=O)c3cccc(OCc4ccc(F)cc4)c3)CC2)n1. The van der Waals surface area contributed by atoms with E-state index in [4.69, 9.17) is 4.74 Å². The molecule has 1 N–H and O–H groups in total. The number of benzene rings is 2. The van der Waals surface area contributed by atoms with Gasteiger partial charge in [-0.2, -0.15) is 0 Å². The van der Waals surface area contributed by atoms with E-state index in [1.807, 2.05) is 12.3 Å². The predicted octanol–water partition coefficient (Wildman–Crippen LogP) is 4.66. The van der Waals surface area contributed by atoms with Gasteiger partial charge in [-0.1, -0.05) is 18.2 Å². The van der Waals surface area contributed by atoms with Crippen LogP contribution in [-0.4, -0.2) is 34.8 Å². The number of carbonyl (C=O) groups excluding carboxylic acids is 2. The number of likely N-dealkylation sites (tertiary alicyclic amines) is 1. The number of hydrogen-bond acceptors (Lipinski definition) is 5. The second-order valence-corrected chi connectivity index (χ2v) is 8.65. The number of nitrogens with one attached hydrogen (secondary N) is 1. The van der Waals surface area contributed by atoms with E-state index in [1.54, 1.807) is 41.3 Å². The van der Waals surface area contributed by atoms with Gasteiger partial charge in [-0.3, -0.25) is 9.59 Å². The predicted molar refractivity (Wildman–Crippen MR) is 121 cm³/mol. The molecule has 0 saturated carbocycles. The summed E-state index contributed by atoms with van der Waals surface area (Å²) in [6.45, 7) is 3.22. The first kappa shape index (κ1) is 22.0. The van der Waals surface area contributed by atoms with Crippen LogP contribution in [0.15, 0.2) is 53.9 Å². The number of nitrogens with zero attached hydrogens (tertiary/aromatic N) is 2. The van der Waals surface area contributed by atoms with E-state index in [9.17, 15) is 14.0 Å². The second kappa shape index (κ2) is 9.91. The van der Waals surface area contributed by atoms with E-state index >= 15 is 0 Å². The van der Waals surface area contributed by atoms with Crippen LogP contribution in [0.2, 0.25) is 0 Å². The molecule has 0 bridgehead atoms. The van der Waals surface area contributed by atoms with Crippen LogP contribution in [0.1, 0.15) is 34.5 Å². The summed E-state index contributed by atoms with van der Waals surface area (Å²) in [5.41, 5.74) is 2.27. The van der Waals surface area contributed by atoms with E-state index in [0.717, 1.165) is 11.3 Å². The third kappa shape index (κ3) is 5.50. The molecule has 166 valence electrons. The molecule has 2 aromatic carbocycles. The Morgan fingerprint density at radius 2 is 1.94 bits per heavy atom. The minimum absolute atomic E-state index is 0.0392. The Balaban J connectivity index is 1.30. The summed E-state index contributed by atoms with van der Waals surface area (Å²) >= 11 is 1.41. The number of anilines is 1. The highest BCUT2D eigenvalue weighted by molar-refractivity contribution is 7.13. The molecule has 1 aliphatic heterocycles. The Bertz CT molecular complexity index is 1090. The molecule has 3 aromatic rings. The van der Waals surface area contributed by atoms with Gasteiger partial charge in [0.1, 0.15) is 18.2 Å². The first-order chi connectivity index (χ1) is 15.5.